The summed E-state index contributed by atoms with van der Waals surface area (Å²) in [4.78, 5) is 24.5. The molecule has 0 bridgehead atoms. The van der Waals surface area contributed by atoms with Crippen LogP contribution in [0.25, 0.3) is 0 Å². The smallest absolute Gasteiger partial charge is 0.307 e. The third kappa shape index (κ3) is 8.26. The molecule has 6 heteroatoms. The average Bonchev–Trinajstić information content (AvgIpc) is 2.67. The highest BCUT2D eigenvalue weighted by molar-refractivity contribution is 7.99. The monoisotopic (exact) mass is 389 g/mol. The van der Waals surface area contributed by atoms with Crippen molar-refractivity contribution in [1.82, 2.24) is 0 Å². The predicted molar refractivity (Wildman–Crippen MR) is 106 cm³/mol. The van der Waals surface area contributed by atoms with E-state index in [1.165, 1.54) is 29.5 Å². The Morgan fingerprint density at radius 2 is 1.78 bits per heavy atom. The van der Waals surface area contributed by atoms with E-state index in [1.807, 2.05) is 24.3 Å². The quantitative estimate of drug-likeness (QED) is 0.467. The van der Waals surface area contributed by atoms with Gasteiger partial charge in [-0.05, 0) is 54.8 Å². The van der Waals surface area contributed by atoms with E-state index in [9.17, 15) is 14.0 Å². The molecular weight excluding hydrogens is 365 g/mol. The van der Waals surface area contributed by atoms with Crippen LogP contribution >= 0.6 is 11.8 Å². The van der Waals surface area contributed by atoms with Gasteiger partial charge in [0.1, 0.15) is 5.82 Å². The number of unbranched alkanes of at least 4 members (excludes halogenated alkanes) is 1. The minimum atomic E-state index is -0.435. The molecule has 1 amide bonds. The largest absolute Gasteiger partial charge is 0.456 e. The van der Waals surface area contributed by atoms with Crippen LogP contribution < -0.4 is 5.32 Å². The Morgan fingerprint density at radius 1 is 1.07 bits per heavy atom. The summed E-state index contributed by atoms with van der Waals surface area (Å²) in [7, 11) is 0. The number of carbonyl (C=O) groups excluding carboxylic acids is 2. The second-order valence-electron chi connectivity index (χ2n) is 6.06. The van der Waals surface area contributed by atoms with Gasteiger partial charge in [0.25, 0.3) is 5.91 Å². The zero-order chi connectivity index (χ0) is 19.5. The van der Waals surface area contributed by atoms with Gasteiger partial charge in [-0.25, -0.2) is 4.39 Å². The maximum Gasteiger partial charge on any atom is 0.307 e. The average molecular weight is 389 g/mol. The van der Waals surface area contributed by atoms with Crippen molar-refractivity contribution in [3.05, 3.63) is 59.9 Å². The van der Waals surface area contributed by atoms with Crippen molar-refractivity contribution in [3.63, 3.8) is 0 Å². The zero-order valence-corrected chi connectivity index (χ0v) is 16.2. The number of ether oxygens (including phenoxy) is 1. The summed E-state index contributed by atoms with van der Waals surface area (Å²) < 4.78 is 17.8. The molecule has 0 radical (unpaired) electrons. The molecule has 0 aliphatic rings. The van der Waals surface area contributed by atoms with E-state index in [-0.39, 0.29) is 24.8 Å². The second-order valence-corrected chi connectivity index (χ2v) is 7.23. The molecule has 0 fully saturated rings. The van der Waals surface area contributed by atoms with Crippen LogP contribution in [0.15, 0.2) is 53.4 Å². The minimum absolute atomic E-state index is 0.182. The van der Waals surface area contributed by atoms with Crippen LogP contribution in [0, 0.1) is 5.82 Å². The number of nitrogens with one attached hydrogen (secondary N) is 1. The summed E-state index contributed by atoms with van der Waals surface area (Å²) in [5.74, 6) is -0.587. The lowest BCUT2D eigenvalue weighted by Crippen LogP contribution is -2.21. The van der Waals surface area contributed by atoms with Gasteiger partial charge in [-0.1, -0.05) is 25.5 Å². The van der Waals surface area contributed by atoms with Gasteiger partial charge in [-0.3, -0.25) is 9.59 Å². The van der Waals surface area contributed by atoms with Crippen molar-refractivity contribution in [3.8, 4) is 0 Å². The summed E-state index contributed by atoms with van der Waals surface area (Å²) in [5.41, 5.74) is 1.92. The Labute approximate surface area is 163 Å². The van der Waals surface area contributed by atoms with Gasteiger partial charge in [-0.15, -0.1) is 11.8 Å². The molecule has 0 saturated carbocycles. The molecule has 2 rings (SSSR count). The lowest BCUT2D eigenvalue weighted by molar-refractivity contribution is -0.146. The van der Waals surface area contributed by atoms with Crippen molar-refractivity contribution < 1.29 is 18.7 Å². The second kappa shape index (κ2) is 11.4. The predicted octanol–water partition coefficient (Wildman–Crippen LogP) is 4.83. The third-order valence-electron chi connectivity index (χ3n) is 3.81. The summed E-state index contributed by atoms with van der Waals surface area (Å²) >= 11 is 1.43. The molecule has 0 spiro atoms. The van der Waals surface area contributed by atoms with Crippen molar-refractivity contribution in [1.29, 1.82) is 0 Å². The van der Waals surface area contributed by atoms with E-state index in [4.69, 9.17) is 4.74 Å². The number of rotatable bonds is 10. The molecule has 0 unspecified atom stereocenters. The van der Waals surface area contributed by atoms with E-state index in [1.54, 1.807) is 12.1 Å². The molecule has 2 aromatic rings. The highest BCUT2D eigenvalue weighted by atomic mass is 32.2. The fourth-order valence-electron chi connectivity index (χ4n) is 2.33. The Bertz CT molecular complexity index is 732. The first-order valence-electron chi connectivity index (χ1n) is 8.99. The van der Waals surface area contributed by atoms with Crippen LogP contribution in [0.2, 0.25) is 0 Å². The number of halogens is 1. The van der Waals surface area contributed by atoms with Crippen LogP contribution in [0.3, 0.4) is 0 Å². The number of benzene rings is 2. The maximum atomic E-state index is 12.8. The molecule has 0 saturated heterocycles. The number of anilines is 1. The van der Waals surface area contributed by atoms with Gasteiger partial charge in [0.15, 0.2) is 6.61 Å². The molecule has 27 heavy (non-hydrogen) atoms. The topological polar surface area (TPSA) is 55.4 Å². The molecular formula is C21H24FNO3S. The van der Waals surface area contributed by atoms with E-state index in [0.717, 1.165) is 24.2 Å². The van der Waals surface area contributed by atoms with Gasteiger partial charge in [0.05, 0.1) is 6.42 Å². The fourth-order valence-corrected chi connectivity index (χ4v) is 3.17. The summed E-state index contributed by atoms with van der Waals surface area (Å²) in [5, 5.41) is 2.71. The Hall–Kier alpha value is -2.34. The van der Waals surface area contributed by atoms with Crippen molar-refractivity contribution in [2.75, 3.05) is 17.7 Å². The van der Waals surface area contributed by atoms with Crippen LogP contribution in [0.4, 0.5) is 10.1 Å². The lowest BCUT2D eigenvalue weighted by Gasteiger charge is -2.08. The van der Waals surface area contributed by atoms with Crippen LogP contribution in [0.1, 0.15) is 31.7 Å². The molecule has 2 aromatic carbocycles. The number of carbonyl (C=O) groups is 2. The zero-order valence-electron chi connectivity index (χ0n) is 15.4. The summed E-state index contributed by atoms with van der Waals surface area (Å²) in [6.07, 6.45) is 3.49. The number of hydrogen-bond acceptors (Lipinski definition) is 4. The Kier molecular flexibility index (Phi) is 8.84. The highest BCUT2D eigenvalue weighted by Gasteiger charge is 2.08. The molecule has 1 N–H and O–H groups in total. The lowest BCUT2D eigenvalue weighted by atomic mass is 10.1. The van der Waals surface area contributed by atoms with Crippen molar-refractivity contribution in [2.24, 2.45) is 0 Å². The maximum absolute atomic E-state index is 12.8. The third-order valence-corrected chi connectivity index (χ3v) is 4.82. The van der Waals surface area contributed by atoms with Crippen molar-refractivity contribution >= 4 is 29.3 Å². The van der Waals surface area contributed by atoms with Gasteiger partial charge in [0, 0.05) is 16.3 Å². The van der Waals surface area contributed by atoms with Crippen LogP contribution in [-0.2, 0) is 20.7 Å². The molecule has 0 atom stereocenters. The van der Waals surface area contributed by atoms with Gasteiger partial charge < -0.3 is 10.1 Å². The van der Waals surface area contributed by atoms with Gasteiger partial charge in [0.2, 0.25) is 0 Å². The summed E-state index contributed by atoms with van der Waals surface area (Å²) in [6, 6.07) is 13.8. The van der Waals surface area contributed by atoms with E-state index < -0.39 is 5.97 Å². The highest BCUT2D eigenvalue weighted by Crippen LogP contribution is 2.19. The van der Waals surface area contributed by atoms with Crippen LogP contribution in [0.5, 0.6) is 0 Å². The Balaban J connectivity index is 1.64. The number of thioether (sulfide) groups is 1. The summed E-state index contributed by atoms with van der Waals surface area (Å²) in [6.45, 7) is 1.84. The molecule has 0 aromatic heterocycles. The molecule has 0 aliphatic carbocycles. The van der Waals surface area contributed by atoms with Crippen molar-refractivity contribution in [2.45, 2.75) is 37.5 Å². The first-order chi connectivity index (χ1) is 13.1. The number of hydrogen-bond donors (Lipinski definition) is 1. The number of esters is 1. The minimum Gasteiger partial charge on any atom is -0.456 e. The first-order valence-corrected chi connectivity index (χ1v) is 9.98. The van der Waals surface area contributed by atoms with Gasteiger partial charge >= 0.3 is 5.97 Å². The first kappa shape index (κ1) is 21.0. The number of aryl methyl sites for hydroxylation is 1. The van der Waals surface area contributed by atoms with Crippen LogP contribution in [-0.4, -0.2) is 24.2 Å². The fraction of sp³-hybridized carbons (Fsp3) is 0.333. The molecule has 0 heterocycles. The van der Waals surface area contributed by atoms with E-state index in [0.29, 0.717) is 11.4 Å². The molecule has 144 valence electrons. The Morgan fingerprint density at radius 3 is 2.44 bits per heavy atom. The van der Waals surface area contributed by atoms with Gasteiger partial charge in [-0.2, -0.15) is 0 Å². The normalized spacial score (nSPS) is 10.4. The van der Waals surface area contributed by atoms with E-state index >= 15 is 0 Å². The SMILES string of the molecule is CCCCc1ccc(NC(=O)COC(=O)CCSc2ccc(F)cc2)cc1. The molecule has 4 nitrogen and oxygen atoms in total. The van der Waals surface area contributed by atoms with E-state index in [2.05, 4.69) is 12.2 Å². The standard InChI is InChI=1S/C21H24FNO3S/c1-2-3-4-16-5-9-18(10-6-16)23-20(24)15-26-21(25)13-14-27-19-11-7-17(22)8-12-19/h5-12H,2-4,13-15H2,1H3,(H,23,24). The molecule has 0 aliphatic heterocycles. The number of amides is 1.